The zero-order valence-electron chi connectivity index (χ0n) is 26.1. The number of aromatic amines is 1. The van der Waals surface area contributed by atoms with E-state index in [0.29, 0.717) is 52.1 Å². The highest BCUT2D eigenvalue weighted by Gasteiger charge is 2.22. The van der Waals surface area contributed by atoms with Crippen LogP contribution in [0.15, 0.2) is 66.7 Å². The molecule has 0 saturated carbocycles. The van der Waals surface area contributed by atoms with Crippen LogP contribution >= 0.6 is 0 Å². The highest BCUT2D eigenvalue weighted by atomic mass is 19.1. The molecular weight excluding hydrogens is 621 g/mol. The maximum absolute atomic E-state index is 15.1. The standard InChI is InChI=1S/C36H35F3N6O3/c37-23-14-21(15-24(38)17-23)13-22-16-31-34(20-29(22)30-19-27(46)2-4-32(30)39)43-44-35(31)42-36(47)28-3-1-26(45-9-7-40-8-10-45)18-33(28)41-25-5-11-48-12-6-25/h1-4,14-20,25,40-41,46H,5-13H2,(H2,42,43,44,47). The largest absolute Gasteiger partial charge is 0.508 e. The first-order valence-electron chi connectivity index (χ1n) is 16.0. The molecule has 0 unspecified atom stereocenters. The van der Waals surface area contributed by atoms with Gasteiger partial charge in [0, 0.05) is 73.8 Å². The van der Waals surface area contributed by atoms with Gasteiger partial charge < -0.3 is 30.7 Å². The van der Waals surface area contributed by atoms with Crippen LogP contribution in [0.1, 0.15) is 34.3 Å². The number of aromatic hydroxyl groups is 1. The molecule has 5 N–H and O–H groups in total. The molecule has 0 radical (unpaired) electrons. The number of carbonyl (C=O) groups excluding carboxylic acids is 1. The number of rotatable bonds is 8. The van der Waals surface area contributed by atoms with Gasteiger partial charge in [0.1, 0.15) is 23.2 Å². The van der Waals surface area contributed by atoms with E-state index in [2.05, 4.69) is 31.0 Å². The van der Waals surface area contributed by atoms with Crippen molar-refractivity contribution >= 4 is 34.0 Å². The molecule has 12 heteroatoms. The lowest BCUT2D eigenvalue weighted by molar-refractivity contribution is 0.0904. The molecule has 0 aliphatic carbocycles. The molecule has 5 aromatic rings. The fourth-order valence-electron chi connectivity index (χ4n) is 6.46. The molecule has 2 aliphatic rings. The maximum Gasteiger partial charge on any atom is 0.258 e. The summed E-state index contributed by atoms with van der Waals surface area (Å²) in [6.45, 7) is 4.78. The topological polar surface area (TPSA) is 115 Å². The quantitative estimate of drug-likeness (QED) is 0.135. The third kappa shape index (κ3) is 6.80. The van der Waals surface area contributed by atoms with Crippen molar-refractivity contribution in [2.24, 2.45) is 0 Å². The summed E-state index contributed by atoms with van der Waals surface area (Å²) in [7, 11) is 0. The van der Waals surface area contributed by atoms with Gasteiger partial charge in [0.15, 0.2) is 5.82 Å². The van der Waals surface area contributed by atoms with Gasteiger partial charge in [-0.25, -0.2) is 13.2 Å². The normalized spacial score (nSPS) is 15.5. The minimum Gasteiger partial charge on any atom is -0.508 e. The van der Waals surface area contributed by atoms with E-state index in [9.17, 15) is 18.7 Å². The molecule has 9 nitrogen and oxygen atoms in total. The van der Waals surface area contributed by atoms with Crippen LogP contribution in [-0.2, 0) is 11.2 Å². The van der Waals surface area contributed by atoms with E-state index >= 15 is 4.39 Å². The first kappa shape index (κ1) is 31.5. The Morgan fingerprint density at radius 1 is 0.938 bits per heavy atom. The van der Waals surface area contributed by atoms with E-state index in [1.54, 1.807) is 12.1 Å². The van der Waals surface area contributed by atoms with E-state index in [4.69, 9.17) is 4.74 Å². The van der Waals surface area contributed by atoms with Crippen molar-refractivity contribution in [2.45, 2.75) is 25.3 Å². The molecule has 0 spiro atoms. The van der Waals surface area contributed by atoms with Crippen LogP contribution in [0.5, 0.6) is 5.75 Å². The number of phenols is 1. The number of halogens is 3. The summed E-state index contributed by atoms with van der Waals surface area (Å²) >= 11 is 0. The first-order valence-corrected chi connectivity index (χ1v) is 16.0. The average Bonchev–Trinajstić information content (AvgIpc) is 3.47. The minimum atomic E-state index is -0.736. The Labute approximate surface area is 275 Å². The molecule has 0 bridgehead atoms. The number of nitrogens with zero attached hydrogens (tertiary/aromatic N) is 2. The van der Waals surface area contributed by atoms with Crippen molar-refractivity contribution in [1.29, 1.82) is 0 Å². The Hall–Kier alpha value is -5.07. The number of nitrogens with one attached hydrogen (secondary N) is 4. The molecule has 48 heavy (non-hydrogen) atoms. The number of benzene rings is 4. The molecule has 2 fully saturated rings. The Bertz CT molecular complexity index is 1950. The third-order valence-corrected chi connectivity index (χ3v) is 8.89. The zero-order valence-corrected chi connectivity index (χ0v) is 26.1. The van der Waals surface area contributed by atoms with Crippen molar-refractivity contribution in [3.63, 3.8) is 0 Å². The number of carbonyl (C=O) groups is 1. The van der Waals surface area contributed by atoms with E-state index in [1.807, 2.05) is 18.2 Å². The molecule has 7 rings (SSSR count). The fourth-order valence-corrected chi connectivity index (χ4v) is 6.46. The van der Waals surface area contributed by atoms with Crippen molar-refractivity contribution in [2.75, 3.05) is 54.9 Å². The Morgan fingerprint density at radius 3 is 2.48 bits per heavy atom. The lowest BCUT2D eigenvalue weighted by atomic mass is 9.93. The molecule has 1 amide bonds. The van der Waals surface area contributed by atoms with Crippen LogP contribution < -0.4 is 20.9 Å². The Morgan fingerprint density at radius 2 is 1.71 bits per heavy atom. The van der Waals surface area contributed by atoms with Gasteiger partial charge in [-0.3, -0.25) is 9.89 Å². The van der Waals surface area contributed by atoms with Crippen molar-refractivity contribution < 1.29 is 27.8 Å². The lowest BCUT2D eigenvalue weighted by Gasteiger charge is -2.31. The molecule has 2 aliphatic heterocycles. The molecule has 0 atom stereocenters. The number of H-pyrrole nitrogens is 1. The number of amides is 1. The van der Waals surface area contributed by atoms with E-state index < -0.39 is 17.5 Å². The van der Waals surface area contributed by atoms with Gasteiger partial charge in [-0.05, 0) is 96.6 Å². The van der Waals surface area contributed by atoms with Crippen LogP contribution in [0, 0.1) is 17.5 Å². The molecule has 1 aromatic heterocycles. The smallest absolute Gasteiger partial charge is 0.258 e. The second-order valence-electron chi connectivity index (χ2n) is 12.2. The Kier molecular flexibility index (Phi) is 8.92. The SMILES string of the molecule is O=C(Nc1n[nH]c2cc(-c3cc(O)ccc3F)c(Cc3cc(F)cc(F)c3)cc12)c1ccc(N2CCNCC2)cc1NC1CCOCC1. The summed E-state index contributed by atoms with van der Waals surface area (Å²) in [5.74, 6) is -2.32. The number of hydrogen-bond donors (Lipinski definition) is 5. The molecule has 3 heterocycles. The zero-order chi connectivity index (χ0) is 33.2. The predicted octanol–water partition coefficient (Wildman–Crippen LogP) is 6.20. The summed E-state index contributed by atoms with van der Waals surface area (Å²) in [4.78, 5) is 16.2. The summed E-state index contributed by atoms with van der Waals surface area (Å²) in [6, 6.07) is 16.2. The number of anilines is 3. The number of aromatic nitrogens is 2. The van der Waals surface area contributed by atoms with Crippen molar-refractivity contribution in [3.8, 4) is 16.9 Å². The van der Waals surface area contributed by atoms with Gasteiger partial charge in [0.2, 0.25) is 0 Å². The van der Waals surface area contributed by atoms with Crippen LogP contribution in [0.4, 0.5) is 30.4 Å². The van der Waals surface area contributed by atoms with E-state index in [1.165, 1.54) is 24.3 Å². The number of ether oxygens (including phenoxy) is 1. The second kappa shape index (κ2) is 13.6. The number of phenolic OH excluding ortho intramolecular Hbond substituents is 1. The average molecular weight is 657 g/mol. The summed E-state index contributed by atoms with van der Waals surface area (Å²) in [5.41, 5.74) is 4.03. The lowest BCUT2D eigenvalue weighted by Crippen LogP contribution is -2.43. The van der Waals surface area contributed by atoms with Gasteiger partial charge in [0.25, 0.3) is 5.91 Å². The summed E-state index contributed by atoms with van der Waals surface area (Å²) in [5, 5.41) is 27.9. The summed E-state index contributed by atoms with van der Waals surface area (Å²) < 4.78 is 48.9. The molecule has 248 valence electrons. The third-order valence-electron chi connectivity index (χ3n) is 8.89. The molecular formula is C36H35F3N6O3. The molecule has 2 saturated heterocycles. The highest BCUT2D eigenvalue weighted by Crippen LogP contribution is 2.36. The van der Waals surface area contributed by atoms with Crippen LogP contribution in [-0.4, -0.2) is 66.6 Å². The van der Waals surface area contributed by atoms with E-state index in [0.717, 1.165) is 56.8 Å². The maximum atomic E-state index is 15.1. The van der Waals surface area contributed by atoms with Crippen molar-refractivity contribution in [1.82, 2.24) is 15.5 Å². The first-order chi connectivity index (χ1) is 23.3. The number of piperazine rings is 1. The van der Waals surface area contributed by atoms with Gasteiger partial charge in [-0.15, -0.1) is 0 Å². The minimum absolute atomic E-state index is 0.0419. The fraction of sp³-hybridized carbons (Fsp3) is 0.278. The summed E-state index contributed by atoms with van der Waals surface area (Å²) in [6.07, 6.45) is 1.69. The molecule has 4 aromatic carbocycles. The van der Waals surface area contributed by atoms with Gasteiger partial charge in [-0.1, -0.05) is 0 Å². The van der Waals surface area contributed by atoms with Crippen LogP contribution in [0.3, 0.4) is 0 Å². The van der Waals surface area contributed by atoms with E-state index in [-0.39, 0.29) is 35.5 Å². The second-order valence-corrected chi connectivity index (χ2v) is 12.2. The monoisotopic (exact) mass is 656 g/mol. The van der Waals surface area contributed by atoms with Crippen LogP contribution in [0.25, 0.3) is 22.0 Å². The van der Waals surface area contributed by atoms with Crippen molar-refractivity contribution in [3.05, 3.63) is 101 Å². The predicted molar refractivity (Wildman–Crippen MR) is 179 cm³/mol. The van der Waals surface area contributed by atoms with Crippen LogP contribution in [0.2, 0.25) is 0 Å². The van der Waals surface area contributed by atoms with Gasteiger partial charge in [0.05, 0.1) is 11.1 Å². The number of hydrogen-bond acceptors (Lipinski definition) is 7. The van der Waals surface area contributed by atoms with Gasteiger partial charge >= 0.3 is 0 Å². The number of fused-ring (bicyclic) bond motifs is 1. The van der Waals surface area contributed by atoms with Gasteiger partial charge in [-0.2, -0.15) is 5.10 Å². The highest BCUT2D eigenvalue weighted by molar-refractivity contribution is 6.11. The Balaban J connectivity index is 1.25.